The van der Waals surface area contributed by atoms with Gasteiger partial charge in [0.1, 0.15) is 0 Å². The molecular weight excluding hydrogens is 378 g/mol. The molecule has 2 aromatic rings. The molecule has 0 N–H and O–H groups in total. The van der Waals surface area contributed by atoms with Gasteiger partial charge in [-0.05, 0) is 29.8 Å². The maximum Gasteiger partial charge on any atom is 0.228 e. The largest absolute Gasteiger partial charge is 0.340 e. The molecule has 2 fully saturated rings. The van der Waals surface area contributed by atoms with Crippen LogP contribution in [-0.2, 0) is 22.7 Å². The Labute approximate surface area is 176 Å². The van der Waals surface area contributed by atoms with E-state index in [1.165, 1.54) is 5.56 Å². The number of nitrogens with zero attached hydrogens (tertiary/aromatic N) is 5. The fourth-order valence-corrected chi connectivity index (χ4v) is 4.11. The minimum atomic E-state index is -0.258. The van der Waals surface area contributed by atoms with Crippen LogP contribution in [0.1, 0.15) is 23.2 Å². The van der Waals surface area contributed by atoms with Gasteiger partial charge in [-0.25, -0.2) is 0 Å². The summed E-state index contributed by atoms with van der Waals surface area (Å²) < 4.78 is 0. The Bertz CT molecular complexity index is 930. The molecule has 2 aliphatic rings. The van der Waals surface area contributed by atoms with E-state index in [1.54, 1.807) is 11.1 Å². The number of rotatable bonds is 5. The van der Waals surface area contributed by atoms with Crippen molar-refractivity contribution in [2.75, 3.05) is 32.7 Å². The second-order valence-corrected chi connectivity index (χ2v) is 7.91. The Morgan fingerprint density at radius 2 is 1.83 bits per heavy atom. The van der Waals surface area contributed by atoms with Crippen LogP contribution in [0, 0.1) is 17.2 Å². The van der Waals surface area contributed by atoms with Crippen molar-refractivity contribution in [2.24, 2.45) is 5.92 Å². The maximum atomic E-state index is 13.0. The Morgan fingerprint density at radius 1 is 1.07 bits per heavy atom. The van der Waals surface area contributed by atoms with Gasteiger partial charge in [0.15, 0.2) is 0 Å². The van der Waals surface area contributed by atoms with E-state index in [0.717, 1.165) is 25.3 Å². The Balaban J connectivity index is 1.27. The number of piperazine rings is 1. The van der Waals surface area contributed by atoms with E-state index in [9.17, 15) is 9.59 Å². The SMILES string of the molecule is N#Cc1ccc(CN2CCN(C(=O)[C@@H]3CC(=O)N(Cc4ccccn4)C3)CC2)cc1. The second kappa shape index (κ2) is 9.06. The lowest BCUT2D eigenvalue weighted by molar-refractivity contribution is -0.137. The zero-order valence-corrected chi connectivity index (χ0v) is 16.9. The average molecular weight is 403 g/mol. The molecule has 7 nitrogen and oxygen atoms in total. The summed E-state index contributed by atoms with van der Waals surface area (Å²) >= 11 is 0. The van der Waals surface area contributed by atoms with Crippen LogP contribution >= 0.6 is 0 Å². The lowest BCUT2D eigenvalue weighted by Crippen LogP contribution is -2.50. The Hall–Kier alpha value is -3.24. The van der Waals surface area contributed by atoms with Crippen molar-refractivity contribution in [3.63, 3.8) is 0 Å². The standard InChI is InChI=1S/C23H25N5O2/c24-14-18-4-6-19(7-5-18)15-26-9-11-27(12-10-26)23(30)20-13-22(29)28(16-20)17-21-3-1-2-8-25-21/h1-8,20H,9-13,15-17H2/t20-/m1/s1. The average Bonchev–Trinajstić information content (AvgIpc) is 3.15. The molecule has 2 saturated heterocycles. The molecule has 2 amide bonds. The normalized spacial score (nSPS) is 19.7. The van der Waals surface area contributed by atoms with E-state index in [2.05, 4.69) is 16.0 Å². The summed E-state index contributed by atoms with van der Waals surface area (Å²) in [5, 5.41) is 8.90. The fourth-order valence-electron chi connectivity index (χ4n) is 4.11. The van der Waals surface area contributed by atoms with Crippen LogP contribution < -0.4 is 0 Å². The Kier molecular flexibility index (Phi) is 6.05. The van der Waals surface area contributed by atoms with Crippen LogP contribution in [0.4, 0.5) is 0 Å². The number of nitriles is 1. The number of pyridine rings is 1. The monoisotopic (exact) mass is 403 g/mol. The second-order valence-electron chi connectivity index (χ2n) is 7.91. The molecule has 0 radical (unpaired) electrons. The molecule has 7 heteroatoms. The highest BCUT2D eigenvalue weighted by Gasteiger charge is 2.37. The van der Waals surface area contributed by atoms with Crippen molar-refractivity contribution in [3.8, 4) is 6.07 Å². The highest BCUT2D eigenvalue weighted by atomic mass is 16.2. The van der Waals surface area contributed by atoms with E-state index >= 15 is 0 Å². The third-order valence-corrected chi connectivity index (χ3v) is 5.82. The van der Waals surface area contributed by atoms with Crippen LogP contribution in [-0.4, -0.2) is 64.2 Å². The van der Waals surface area contributed by atoms with E-state index < -0.39 is 0 Å². The van der Waals surface area contributed by atoms with Crippen molar-refractivity contribution in [1.29, 1.82) is 5.26 Å². The molecule has 1 aromatic heterocycles. The molecule has 0 spiro atoms. The van der Waals surface area contributed by atoms with Gasteiger partial charge in [-0.3, -0.25) is 19.5 Å². The van der Waals surface area contributed by atoms with Gasteiger partial charge < -0.3 is 9.80 Å². The number of aromatic nitrogens is 1. The summed E-state index contributed by atoms with van der Waals surface area (Å²) in [5.74, 6) is -0.144. The third kappa shape index (κ3) is 4.66. The predicted molar refractivity (Wildman–Crippen MR) is 111 cm³/mol. The molecule has 0 unspecified atom stereocenters. The molecule has 1 aromatic carbocycles. The van der Waals surface area contributed by atoms with Gasteiger partial charge in [0, 0.05) is 51.9 Å². The zero-order chi connectivity index (χ0) is 20.9. The van der Waals surface area contributed by atoms with Crippen molar-refractivity contribution in [2.45, 2.75) is 19.5 Å². The van der Waals surface area contributed by atoms with Gasteiger partial charge in [-0.15, -0.1) is 0 Å². The third-order valence-electron chi connectivity index (χ3n) is 5.82. The summed E-state index contributed by atoms with van der Waals surface area (Å²) in [7, 11) is 0. The number of hydrogen-bond acceptors (Lipinski definition) is 5. The Morgan fingerprint density at radius 3 is 2.50 bits per heavy atom. The maximum absolute atomic E-state index is 13.0. The molecule has 30 heavy (non-hydrogen) atoms. The summed E-state index contributed by atoms with van der Waals surface area (Å²) in [5.41, 5.74) is 2.67. The number of carbonyl (C=O) groups excluding carboxylic acids is 2. The van der Waals surface area contributed by atoms with Gasteiger partial charge in [-0.1, -0.05) is 18.2 Å². The van der Waals surface area contributed by atoms with E-state index in [-0.39, 0.29) is 24.2 Å². The molecular formula is C23H25N5O2. The molecule has 0 aliphatic carbocycles. The minimum Gasteiger partial charge on any atom is -0.340 e. The lowest BCUT2D eigenvalue weighted by Gasteiger charge is -2.36. The van der Waals surface area contributed by atoms with Crippen molar-refractivity contribution in [3.05, 3.63) is 65.5 Å². The first-order valence-electron chi connectivity index (χ1n) is 10.3. The summed E-state index contributed by atoms with van der Waals surface area (Å²) in [6, 6.07) is 15.4. The molecule has 3 heterocycles. The first-order chi connectivity index (χ1) is 14.6. The smallest absolute Gasteiger partial charge is 0.228 e. The van der Waals surface area contributed by atoms with Gasteiger partial charge in [0.05, 0.1) is 29.8 Å². The van der Waals surface area contributed by atoms with Crippen LogP contribution in [0.2, 0.25) is 0 Å². The molecule has 2 aliphatic heterocycles. The molecule has 0 saturated carbocycles. The number of amides is 2. The van der Waals surface area contributed by atoms with Crippen LogP contribution in [0.25, 0.3) is 0 Å². The minimum absolute atomic E-state index is 0.0263. The summed E-state index contributed by atoms with van der Waals surface area (Å²) in [6.45, 7) is 4.73. The van der Waals surface area contributed by atoms with Gasteiger partial charge in [0.25, 0.3) is 0 Å². The topological polar surface area (TPSA) is 80.5 Å². The van der Waals surface area contributed by atoms with Crippen LogP contribution in [0.3, 0.4) is 0 Å². The van der Waals surface area contributed by atoms with Crippen LogP contribution in [0.5, 0.6) is 0 Å². The highest BCUT2D eigenvalue weighted by molar-refractivity contribution is 5.89. The van der Waals surface area contributed by atoms with E-state index in [4.69, 9.17) is 5.26 Å². The summed E-state index contributed by atoms with van der Waals surface area (Å²) in [6.07, 6.45) is 2.01. The fraction of sp³-hybridized carbons (Fsp3) is 0.391. The van der Waals surface area contributed by atoms with Crippen LogP contribution in [0.15, 0.2) is 48.7 Å². The number of carbonyl (C=O) groups is 2. The van der Waals surface area contributed by atoms with Gasteiger partial charge >= 0.3 is 0 Å². The van der Waals surface area contributed by atoms with E-state index in [0.29, 0.717) is 31.7 Å². The zero-order valence-electron chi connectivity index (χ0n) is 16.9. The number of likely N-dealkylation sites (tertiary alicyclic amines) is 1. The lowest BCUT2D eigenvalue weighted by atomic mass is 10.1. The predicted octanol–water partition coefficient (Wildman–Crippen LogP) is 1.65. The van der Waals surface area contributed by atoms with Crippen molar-refractivity contribution < 1.29 is 9.59 Å². The molecule has 4 rings (SSSR count). The van der Waals surface area contributed by atoms with Gasteiger partial charge in [0.2, 0.25) is 11.8 Å². The first-order valence-corrected chi connectivity index (χ1v) is 10.3. The number of benzene rings is 1. The molecule has 0 bridgehead atoms. The molecule has 154 valence electrons. The molecule has 1 atom stereocenters. The van der Waals surface area contributed by atoms with Crippen molar-refractivity contribution >= 4 is 11.8 Å². The quantitative estimate of drug-likeness (QED) is 0.758. The van der Waals surface area contributed by atoms with Gasteiger partial charge in [-0.2, -0.15) is 5.26 Å². The van der Waals surface area contributed by atoms with Crippen molar-refractivity contribution in [1.82, 2.24) is 19.7 Å². The highest BCUT2D eigenvalue weighted by Crippen LogP contribution is 2.22. The van der Waals surface area contributed by atoms with E-state index in [1.807, 2.05) is 47.4 Å². The first kappa shape index (κ1) is 20.0. The summed E-state index contributed by atoms with van der Waals surface area (Å²) in [4.78, 5) is 35.6. The number of hydrogen-bond donors (Lipinski definition) is 0.